The molecule has 0 fully saturated rings. The van der Waals surface area contributed by atoms with Gasteiger partial charge in [0.25, 0.3) is 5.91 Å². The first kappa shape index (κ1) is 22.5. The van der Waals surface area contributed by atoms with Crippen LogP contribution in [0.5, 0.6) is 11.5 Å². The van der Waals surface area contributed by atoms with Gasteiger partial charge in [0.15, 0.2) is 11.5 Å². The van der Waals surface area contributed by atoms with Crippen molar-refractivity contribution >= 4 is 21.6 Å². The molecular formula is C21H28N2O5S. The summed E-state index contributed by atoms with van der Waals surface area (Å²) in [6, 6.07) is 12.0. The van der Waals surface area contributed by atoms with Crippen LogP contribution in [-0.2, 0) is 16.6 Å². The summed E-state index contributed by atoms with van der Waals surface area (Å²) in [5.74, 6) is 1.08. The minimum atomic E-state index is -3.34. The average Bonchev–Trinajstić information content (AvgIpc) is 2.73. The first-order valence-corrected chi connectivity index (χ1v) is 11.2. The van der Waals surface area contributed by atoms with Gasteiger partial charge in [0.1, 0.15) is 0 Å². The monoisotopic (exact) mass is 420 g/mol. The average molecular weight is 421 g/mol. The smallest absolute Gasteiger partial charge is 0.251 e. The summed E-state index contributed by atoms with van der Waals surface area (Å²) in [5, 5.41) is 2.86. The summed E-state index contributed by atoms with van der Waals surface area (Å²) in [5.41, 5.74) is 1.85. The maximum Gasteiger partial charge on any atom is 0.251 e. The van der Waals surface area contributed by atoms with E-state index in [1.807, 2.05) is 32.0 Å². The van der Waals surface area contributed by atoms with Crippen LogP contribution in [-0.4, -0.2) is 40.3 Å². The van der Waals surface area contributed by atoms with E-state index in [0.29, 0.717) is 42.5 Å². The third-order valence-corrected chi connectivity index (χ3v) is 6.11. The van der Waals surface area contributed by atoms with Crippen LogP contribution < -0.4 is 19.1 Å². The molecule has 0 saturated carbocycles. The Bertz CT molecular complexity index is 927. The zero-order valence-electron chi connectivity index (χ0n) is 17.3. The zero-order chi connectivity index (χ0) is 21.4. The van der Waals surface area contributed by atoms with Crippen molar-refractivity contribution < 1.29 is 22.7 Å². The number of nitrogens with one attached hydrogen (secondary N) is 1. The van der Waals surface area contributed by atoms with Gasteiger partial charge in [-0.2, -0.15) is 0 Å². The standard InChI is InChI=1S/C21H28N2O5S/c1-5-27-19-13-8-16(14-20(19)28-6-2)15-22-21(24)17-9-11-18(12-10-17)23(4)29(25,26)7-3/h8-14H,5-7,15H2,1-4H3,(H,22,24). The molecule has 2 aromatic rings. The number of rotatable bonds is 10. The number of sulfonamides is 1. The molecule has 0 aliphatic rings. The fraction of sp³-hybridized carbons (Fsp3) is 0.381. The number of carbonyl (C=O) groups is 1. The van der Waals surface area contributed by atoms with Crippen LogP contribution in [0.1, 0.15) is 36.7 Å². The highest BCUT2D eigenvalue weighted by molar-refractivity contribution is 7.92. The Kier molecular flexibility index (Phi) is 7.90. The highest BCUT2D eigenvalue weighted by Gasteiger charge is 2.16. The summed E-state index contributed by atoms with van der Waals surface area (Å²) >= 11 is 0. The Labute approximate surface area is 172 Å². The van der Waals surface area contributed by atoms with Gasteiger partial charge in [-0.1, -0.05) is 6.07 Å². The van der Waals surface area contributed by atoms with E-state index in [2.05, 4.69) is 5.32 Å². The molecule has 0 radical (unpaired) electrons. The molecule has 1 amide bonds. The number of hydrogen-bond donors (Lipinski definition) is 1. The second-order valence-electron chi connectivity index (χ2n) is 6.24. The summed E-state index contributed by atoms with van der Waals surface area (Å²) in [4.78, 5) is 12.4. The molecule has 2 aromatic carbocycles. The molecule has 0 atom stereocenters. The zero-order valence-corrected chi connectivity index (χ0v) is 18.1. The lowest BCUT2D eigenvalue weighted by Gasteiger charge is -2.18. The number of hydrogen-bond acceptors (Lipinski definition) is 5. The second-order valence-corrected chi connectivity index (χ2v) is 8.53. The molecule has 0 aliphatic heterocycles. The van der Waals surface area contributed by atoms with Gasteiger partial charge in [0.05, 0.1) is 24.7 Å². The summed E-state index contributed by atoms with van der Waals surface area (Å²) in [6.45, 7) is 6.79. The number of carbonyl (C=O) groups excluding carboxylic acids is 1. The molecule has 29 heavy (non-hydrogen) atoms. The van der Waals surface area contributed by atoms with Crippen molar-refractivity contribution in [3.05, 3.63) is 53.6 Å². The normalized spacial score (nSPS) is 11.0. The molecule has 2 rings (SSSR count). The first-order valence-electron chi connectivity index (χ1n) is 9.55. The Morgan fingerprint density at radius 3 is 2.17 bits per heavy atom. The molecule has 1 N–H and O–H groups in total. The fourth-order valence-corrected chi connectivity index (χ4v) is 3.50. The highest BCUT2D eigenvalue weighted by atomic mass is 32.2. The van der Waals surface area contributed by atoms with Crippen molar-refractivity contribution in [1.29, 1.82) is 0 Å². The second kappa shape index (κ2) is 10.2. The fourth-order valence-electron chi connectivity index (χ4n) is 2.67. The predicted molar refractivity (Wildman–Crippen MR) is 114 cm³/mol. The Balaban J connectivity index is 2.05. The molecule has 158 valence electrons. The quantitative estimate of drug-likeness (QED) is 0.638. The van der Waals surface area contributed by atoms with Crippen LogP contribution in [0.3, 0.4) is 0 Å². The van der Waals surface area contributed by atoms with Gasteiger partial charge in [0, 0.05) is 19.2 Å². The van der Waals surface area contributed by atoms with E-state index in [0.717, 1.165) is 5.56 Å². The topological polar surface area (TPSA) is 84.9 Å². The van der Waals surface area contributed by atoms with Gasteiger partial charge in [-0.25, -0.2) is 8.42 Å². The van der Waals surface area contributed by atoms with Gasteiger partial charge < -0.3 is 14.8 Å². The third-order valence-electron chi connectivity index (χ3n) is 4.34. The number of amides is 1. The van der Waals surface area contributed by atoms with Crippen molar-refractivity contribution in [3.63, 3.8) is 0 Å². The predicted octanol–water partition coefficient (Wildman–Crippen LogP) is 3.20. The van der Waals surface area contributed by atoms with E-state index in [1.54, 1.807) is 31.2 Å². The molecule has 0 aliphatic carbocycles. The first-order chi connectivity index (χ1) is 13.8. The van der Waals surface area contributed by atoms with Crippen molar-refractivity contribution in [2.45, 2.75) is 27.3 Å². The molecule has 0 spiro atoms. The van der Waals surface area contributed by atoms with Gasteiger partial charge in [-0.3, -0.25) is 9.10 Å². The third kappa shape index (κ3) is 5.87. The van der Waals surface area contributed by atoms with Gasteiger partial charge >= 0.3 is 0 Å². The van der Waals surface area contributed by atoms with E-state index >= 15 is 0 Å². The lowest BCUT2D eigenvalue weighted by molar-refractivity contribution is 0.0951. The molecule has 0 heterocycles. The minimum Gasteiger partial charge on any atom is -0.490 e. The Hall–Kier alpha value is -2.74. The molecule has 0 aromatic heterocycles. The highest BCUT2D eigenvalue weighted by Crippen LogP contribution is 2.28. The van der Waals surface area contributed by atoms with Crippen LogP contribution >= 0.6 is 0 Å². The summed E-state index contributed by atoms with van der Waals surface area (Å²) < 4.78 is 36.2. The van der Waals surface area contributed by atoms with E-state index in [-0.39, 0.29) is 11.7 Å². The Morgan fingerprint density at radius 2 is 1.59 bits per heavy atom. The van der Waals surface area contributed by atoms with Crippen molar-refractivity contribution in [2.75, 3.05) is 30.3 Å². The largest absolute Gasteiger partial charge is 0.490 e. The SMILES string of the molecule is CCOc1ccc(CNC(=O)c2ccc(N(C)S(=O)(=O)CC)cc2)cc1OCC. The van der Waals surface area contributed by atoms with Crippen LogP contribution in [0.2, 0.25) is 0 Å². The van der Waals surface area contributed by atoms with Crippen LogP contribution in [0.4, 0.5) is 5.69 Å². The lowest BCUT2D eigenvalue weighted by Crippen LogP contribution is -2.28. The van der Waals surface area contributed by atoms with E-state index in [1.165, 1.54) is 11.4 Å². The molecule has 0 unspecified atom stereocenters. The van der Waals surface area contributed by atoms with Crippen molar-refractivity contribution in [3.8, 4) is 11.5 Å². The molecule has 0 saturated heterocycles. The minimum absolute atomic E-state index is 0.0115. The van der Waals surface area contributed by atoms with Crippen molar-refractivity contribution in [1.82, 2.24) is 5.32 Å². The van der Waals surface area contributed by atoms with E-state index in [4.69, 9.17) is 9.47 Å². The number of nitrogens with zero attached hydrogens (tertiary/aromatic N) is 1. The van der Waals surface area contributed by atoms with Crippen LogP contribution in [0.15, 0.2) is 42.5 Å². The Morgan fingerprint density at radius 1 is 0.966 bits per heavy atom. The number of benzene rings is 2. The summed E-state index contributed by atoms with van der Waals surface area (Å²) in [6.07, 6.45) is 0. The molecule has 8 heteroatoms. The number of anilines is 1. The van der Waals surface area contributed by atoms with Gasteiger partial charge in [-0.05, 0) is 62.7 Å². The maximum atomic E-state index is 12.4. The maximum absolute atomic E-state index is 12.4. The van der Waals surface area contributed by atoms with Crippen LogP contribution in [0.25, 0.3) is 0 Å². The molecular weight excluding hydrogens is 392 g/mol. The lowest BCUT2D eigenvalue weighted by atomic mass is 10.1. The van der Waals surface area contributed by atoms with Gasteiger partial charge in [0.2, 0.25) is 10.0 Å². The van der Waals surface area contributed by atoms with Crippen LogP contribution in [0, 0.1) is 0 Å². The molecule has 0 bridgehead atoms. The molecule has 7 nitrogen and oxygen atoms in total. The van der Waals surface area contributed by atoms with E-state index in [9.17, 15) is 13.2 Å². The van der Waals surface area contributed by atoms with Gasteiger partial charge in [-0.15, -0.1) is 0 Å². The van der Waals surface area contributed by atoms with E-state index < -0.39 is 10.0 Å². The van der Waals surface area contributed by atoms with Crippen molar-refractivity contribution in [2.24, 2.45) is 0 Å². The summed E-state index contributed by atoms with van der Waals surface area (Å²) in [7, 11) is -1.84. The number of ether oxygens (including phenoxy) is 2.